The molecule has 2 aromatic rings. The number of hydrogen-bond acceptors (Lipinski definition) is 3. The summed E-state index contributed by atoms with van der Waals surface area (Å²) >= 11 is 0. The fourth-order valence-electron chi connectivity index (χ4n) is 1.91. The first-order valence-corrected chi connectivity index (χ1v) is 5.69. The lowest BCUT2D eigenvalue weighted by Crippen LogP contribution is -1.98. The van der Waals surface area contributed by atoms with Crippen LogP contribution in [0.25, 0.3) is 17.0 Å². The molecule has 0 saturated heterocycles. The molecule has 0 unspecified atom stereocenters. The number of rotatable bonds is 3. The molecule has 1 heterocycles. The summed E-state index contributed by atoms with van der Waals surface area (Å²) in [5, 5.41) is 19.4. The van der Waals surface area contributed by atoms with Crippen LogP contribution in [0.5, 0.6) is 5.75 Å². The lowest BCUT2D eigenvalue weighted by atomic mass is 10.1. The lowest BCUT2D eigenvalue weighted by Gasteiger charge is -1.96. The summed E-state index contributed by atoms with van der Waals surface area (Å²) in [4.78, 5) is 11.0. The van der Waals surface area contributed by atoms with Crippen molar-refractivity contribution >= 4 is 23.0 Å². The van der Waals surface area contributed by atoms with Gasteiger partial charge >= 0.3 is 5.97 Å². The maximum Gasteiger partial charge on any atom is 0.331 e. The third-order valence-electron chi connectivity index (χ3n) is 2.93. The highest BCUT2D eigenvalue weighted by molar-refractivity contribution is 5.95. The second kappa shape index (κ2) is 4.56. The molecular formula is C14H14O4. The Morgan fingerprint density at radius 3 is 2.72 bits per heavy atom. The molecule has 0 spiro atoms. The van der Waals surface area contributed by atoms with Crippen LogP contribution in [0, 0.1) is 6.92 Å². The summed E-state index contributed by atoms with van der Waals surface area (Å²) in [6, 6.07) is 5.01. The van der Waals surface area contributed by atoms with Crippen molar-refractivity contribution in [2.75, 3.05) is 0 Å². The van der Waals surface area contributed by atoms with E-state index in [1.807, 2.05) is 0 Å². The number of hydrogen-bond donors (Lipinski definition) is 2. The first-order valence-electron chi connectivity index (χ1n) is 5.69. The van der Waals surface area contributed by atoms with Crippen molar-refractivity contribution in [1.82, 2.24) is 0 Å². The largest absolute Gasteiger partial charge is 0.507 e. The predicted octanol–water partition coefficient (Wildman–Crippen LogP) is 3.32. The van der Waals surface area contributed by atoms with Crippen LogP contribution in [0.4, 0.5) is 0 Å². The number of phenolic OH excluding ortho intramolecular Hbond substituents is 1. The van der Waals surface area contributed by atoms with E-state index < -0.39 is 5.97 Å². The highest BCUT2D eigenvalue weighted by Crippen LogP contribution is 2.33. The van der Waals surface area contributed by atoms with E-state index in [4.69, 9.17) is 9.52 Å². The lowest BCUT2D eigenvalue weighted by molar-refractivity contribution is -0.132. The second-order valence-corrected chi connectivity index (χ2v) is 4.07. The Morgan fingerprint density at radius 2 is 2.17 bits per heavy atom. The van der Waals surface area contributed by atoms with Gasteiger partial charge in [0.2, 0.25) is 0 Å². The molecule has 18 heavy (non-hydrogen) atoms. The molecule has 94 valence electrons. The highest BCUT2D eigenvalue weighted by Gasteiger charge is 2.14. The van der Waals surface area contributed by atoms with E-state index in [-0.39, 0.29) is 11.3 Å². The van der Waals surface area contributed by atoms with Gasteiger partial charge in [-0.3, -0.25) is 0 Å². The Morgan fingerprint density at radius 1 is 1.44 bits per heavy atom. The monoisotopic (exact) mass is 246 g/mol. The van der Waals surface area contributed by atoms with Gasteiger partial charge in [-0.15, -0.1) is 0 Å². The number of carboxylic acid groups (broad SMARTS) is 1. The minimum atomic E-state index is -0.957. The van der Waals surface area contributed by atoms with Gasteiger partial charge in [-0.25, -0.2) is 4.79 Å². The predicted molar refractivity (Wildman–Crippen MR) is 68.5 cm³/mol. The number of aryl methyl sites for hydroxylation is 1. The van der Waals surface area contributed by atoms with Gasteiger partial charge in [0, 0.05) is 11.1 Å². The smallest absolute Gasteiger partial charge is 0.331 e. The van der Waals surface area contributed by atoms with Gasteiger partial charge in [0.05, 0.1) is 5.39 Å². The van der Waals surface area contributed by atoms with E-state index in [2.05, 4.69) is 0 Å². The van der Waals surface area contributed by atoms with Gasteiger partial charge in [0.15, 0.2) is 0 Å². The maximum atomic E-state index is 11.0. The number of aliphatic carboxylic acids is 1. The van der Waals surface area contributed by atoms with E-state index in [0.29, 0.717) is 23.2 Å². The molecule has 4 nitrogen and oxygen atoms in total. The number of furan rings is 1. The second-order valence-electron chi connectivity index (χ2n) is 4.07. The molecule has 2 rings (SSSR count). The SMILES string of the molecule is CC/C(=C\c1oc2cccc(O)c2c1C)C(=O)O. The van der Waals surface area contributed by atoms with E-state index >= 15 is 0 Å². The zero-order valence-corrected chi connectivity index (χ0v) is 10.2. The standard InChI is InChI=1S/C14H14O4/c1-3-9(14(16)17)7-12-8(2)13-10(15)5-4-6-11(13)18-12/h4-7,15H,3H2,1-2H3,(H,16,17)/b9-7+. The van der Waals surface area contributed by atoms with Crippen molar-refractivity contribution in [3.8, 4) is 5.75 Å². The molecule has 0 bridgehead atoms. The van der Waals surface area contributed by atoms with Crippen molar-refractivity contribution in [2.45, 2.75) is 20.3 Å². The van der Waals surface area contributed by atoms with Crippen molar-refractivity contribution in [3.05, 3.63) is 35.1 Å². The molecule has 0 aliphatic rings. The Kier molecular flexibility index (Phi) is 3.10. The fraction of sp³-hybridized carbons (Fsp3) is 0.214. The average molecular weight is 246 g/mol. The Hall–Kier alpha value is -2.23. The molecule has 0 aliphatic carbocycles. The summed E-state index contributed by atoms with van der Waals surface area (Å²) in [6.45, 7) is 3.57. The van der Waals surface area contributed by atoms with Crippen LogP contribution in [-0.4, -0.2) is 16.2 Å². The molecule has 0 atom stereocenters. The number of carbonyl (C=O) groups is 1. The summed E-state index contributed by atoms with van der Waals surface area (Å²) < 4.78 is 5.56. The van der Waals surface area contributed by atoms with Gasteiger partial charge in [-0.05, 0) is 31.6 Å². The molecule has 0 fully saturated rings. The quantitative estimate of drug-likeness (QED) is 0.815. The normalized spacial score (nSPS) is 12.0. The van der Waals surface area contributed by atoms with Gasteiger partial charge in [-0.2, -0.15) is 0 Å². The van der Waals surface area contributed by atoms with Crippen LogP contribution in [-0.2, 0) is 4.79 Å². The van der Waals surface area contributed by atoms with Gasteiger partial charge in [-0.1, -0.05) is 13.0 Å². The van der Waals surface area contributed by atoms with E-state index in [0.717, 1.165) is 5.56 Å². The minimum Gasteiger partial charge on any atom is -0.507 e. The molecule has 1 aromatic heterocycles. The zero-order chi connectivity index (χ0) is 13.3. The van der Waals surface area contributed by atoms with E-state index in [1.165, 1.54) is 6.08 Å². The Balaban J connectivity index is 2.63. The number of fused-ring (bicyclic) bond motifs is 1. The number of aromatic hydroxyl groups is 1. The maximum absolute atomic E-state index is 11.0. The molecule has 0 amide bonds. The first kappa shape index (κ1) is 12.2. The molecular weight excluding hydrogens is 232 g/mol. The van der Waals surface area contributed by atoms with Crippen LogP contribution in [0.1, 0.15) is 24.7 Å². The van der Waals surface area contributed by atoms with Crippen molar-refractivity contribution in [2.24, 2.45) is 0 Å². The van der Waals surface area contributed by atoms with Crippen LogP contribution in [0.15, 0.2) is 28.2 Å². The van der Waals surface area contributed by atoms with Gasteiger partial charge < -0.3 is 14.6 Å². The zero-order valence-electron chi connectivity index (χ0n) is 10.2. The van der Waals surface area contributed by atoms with E-state index in [1.54, 1.807) is 32.0 Å². The summed E-state index contributed by atoms with van der Waals surface area (Å²) in [7, 11) is 0. The third-order valence-corrected chi connectivity index (χ3v) is 2.93. The molecule has 4 heteroatoms. The number of phenols is 1. The molecule has 0 aliphatic heterocycles. The number of carboxylic acids is 1. The van der Waals surface area contributed by atoms with Crippen LogP contribution in [0.2, 0.25) is 0 Å². The van der Waals surface area contributed by atoms with Gasteiger partial charge in [0.1, 0.15) is 17.1 Å². The van der Waals surface area contributed by atoms with Crippen molar-refractivity contribution in [1.29, 1.82) is 0 Å². The Labute approximate surface area is 104 Å². The van der Waals surface area contributed by atoms with Gasteiger partial charge in [0.25, 0.3) is 0 Å². The third kappa shape index (κ3) is 1.97. The van der Waals surface area contributed by atoms with Crippen LogP contribution in [0.3, 0.4) is 0 Å². The van der Waals surface area contributed by atoms with Crippen LogP contribution < -0.4 is 0 Å². The minimum absolute atomic E-state index is 0.141. The topological polar surface area (TPSA) is 70.7 Å². The average Bonchev–Trinajstić information content (AvgIpc) is 2.64. The molecule has 1 aromatic carbocycles. The van der Waals surface area contributed by atoms with Crippen LogP contribution >= 0.6 is 0 Å². The number of benzene rings is 1. The van der Waals surface area contributed by atoms with Crippen molar-refractivity contribution < 1.29 is 19.4 Å². The molecule has 0 radical (unpaired) electrons. The highest BCUT2D eigenvalue weighted by atomic mass is 16.4. The first-order chi connectivity index (χ1) is 8.54. The van der Waals surface area contributed by atoms with Crippen molar-refractivity contribution in [3.63, 3.8) is 0 Å². The molecule has 0 saturated carbocycles. The summed E-state index contributed by atoms with van der Waals surface area (Å²) in [6.07, 6.45) is 1.93. The van der Waals surface area contributed by atoms with E-state index in [9.17, 15) is 9.90 Å². The fourth-order valence-corrected chi connectivity index (χ4v) is 1.91. The summed E-state index contributed by atoms with van der Waals surface area (Å²) in [5.74, 6) is -0.339. The Bertz CT molecular complexity index is 635. The summed E-state index contributed by atoms with van der Waals surface area (Å²) in [5.41, 5.74) is 1.58. The molecule has 2 N–H and O–H groups in total.